The van der Waals surface area contributed by atoms with Crippen LogP contribution < -0.4 is 11.1 Å². The molecule has 6 nitrogen and oxygen atoms in total. The number of hydrogen-bond acceptors (Lipinski definition) is 4. The molecule has 2 aromatic heterocycles. The minimum absolute atomic E-state index is 0.135. The number of nitrogen functional groups attached to an aromatic ring is 1. The first-order valence-electron chi connectivity index (χ1n) is 6.61. The fourth-order valence-electron chi connectivity index (χ4n) is 1.93. The van der Waals surface area contributed by atoms with Crippen LogP contribution in [0.5, 0.6) is 0 Å². The van der Waals surface area contributed by atoms with Crippen LogP contribution in [0.1, 0.15) is 28.7 Å². The Balaban J connectivity index is 1.93. The van der Waals surface area contributed by atoms with Crippen molar-refractivity contribution in [3.8, 4) is 0 Å². The number of pyridine rings is 1. The number of nitrogens with one attached hydrogen (secondary N) is 1. The largest absolute Gasteiger partial charge is 0.384 e. The Morgan fingerprint density at radius 1 is 1.40 bits per heavy atom. The van der Waals surface area contributed by atoms with Gasteiger partial charge in [0.25, 0.3) is 5.91 Å². The second kappa shape index (κ2) is 6.18. The van der Waals surface area contributed by atoms with E-state index in [9.17, 15) is 4.79 Å². The summed E-state index contributed by atoms with van der Waals surface area (Å²) in [7, 11) is 1.87. The van der Waals surface area contributed by atoms with Crippen molar-refractivity contribution in [1.29, 1.82) is 0 Å². The lowest BCUT2D eigenvalue weighted by Crippen LogP contribution is -2.26. The van der Waals surface area contributed by atoms with Crippen molar-refractivity contribution in [3.05, 3.63) is 41.3 Å². The minimum Gasteiger partial charge on any atom is -0.384 e. The van der Waals surface area contributed by atoms with Gasteiger partial charge in [0.05, 0.1) is 5.69 Å². The van der Waals surface area contributed by atoms with Gasteiger partial charge in [0.15, 0.2) is 0 Å². The van der Waals surface area contributed by atoms with E-state index < -0.39 is 0 Å². The van der Waals surface area contributed by atoms with E-state index in [1.807, 2.05) is 26.2 Å². The van der Waals surface area contributed by atoms with Crippen molar-refractivity contribution < 1.29 is 4.79 Å². The third-order valence-electron chi connectivity index (χ3n) is 2.96. The number of anilines is 1. The maximum absolute atomic E-state index is 12.0. The number of nitrogens with zero attached hydrogens (tertiary/aromatic N) is 3. The topological polar surface area (TPSA) is 85.8 Å². The van der Waals surface area contributed by atoms with E-state index in [0.29, 0.717) is 24.3 Å². The van der Waals surface area contributed by atoms with E-state index in [4.69, 9.17) is 5.73 Å². The lowest BCUT2D eigenvalue weighted by atomic mass is 10.2. The zero-order chi connectivity index (χ0) is 14.5. The van der Waals surface area contributed by atoms with Crippen molar-refractivity contribution in [2.24, 2.45) is 7.05 Å². The second-order valence-corrected chi connectivity index (χ2v) is 4.61. The molecule has 20 heavy (non-hydrogen) atoms. The van der Waals surface area contributed by atoms with Crippen molar-refractivity contribution in [1.82, 2.24) is 20.1 Å². The average molecular weight is 273 g/mol. The Kier molecular flexibility index (Phi) is 4.34. The number of amides is 1. The lowest BCUT2D eigenvalue weighted by Gasteiger charge is -2.06. The van der Waals surface area contributed by atoms with Gasteiger partial charge >= 0.3 is 0 Å². The molecule has 0 aliphatic carbocycles. The predicted molar refractivity (Wildman–Crippen MR) is 77.3 cm³/mol. The van der Waals surface area contributed by atoms with Crippen LogP contribution >= 0.6 is 0 Å². The van der Waals surface area contributed by atoms with Crippen LogP contribution in [0.4, 0.5) is 5.82 Å². The highest BCUT2D eigenvalue weighted by atomic mass is 16.1. The first kappa shape index (κ1) is 14.0. The number of rotatable bonds is 5. The van der Waals surface area contributed by atoms with Gasteiger partial charge in [-0.3, -0.25) is 9.48 Å². The summed E-state index contributed by atoms with van der Waals surface area (Å²) in [6.07, 6.45) is 3.33. The number of nitrogens with two attached hydrogens (primary N) is 1. The molecule has 0 aromatic carbocycles. The molecule has 2 aromatic rings. The molecule has 0 saturated carbocycles. The van der Waals surface area contributed by atoms with Crippen LogP contribution in [0.3, 0.4) is 0 Å². The maximum atomic E-state index is 12.0. The average Bonchev–Trinajstić information content (AvgIpc) is 2.83. The molecule has 106 valence electrons. The Bertz CT molecular complexity index is 605. The molecule has 0 radical (unpaired) electrons. The van der Waals surface area contributed by atoms with Gasteiger partial charge in [-0.2, -0.15) is 5.10 Å². The Morgan fingerprint density at radius 3 is 2.85 bits per heavy atom. The number of aromatic nitrogens is 3. The summed E-state index contributed by atoms with van der Waals surface area (Å²) in [6, 6.07) is 5.30. The summed E-state index contributed by atoms with van der Waals surface area (Å²) < 4.78 is 1.74. The predicted octanol–water partition coefficient (Wildman–Crippen LogP) is 0.932. The zero-order valence-electron chi connectivity index (χ0n) is 11.8. The molecule has 2 rings (SSSR count). The fourth-order valence-corrected chi connectivity index (χ4v) is 1.93. The van der Waals surface area contributed by atoms with E-state index >= 15 is 0 Å². The molecule has 2 heterocycles. The van der Waals surface area contributed by atoms with Gasteiger partial charge in [0.2, 0.25) is 0 Å². The van der Waals surface area contributed by atoms with E-state index in [1.165, 1.54) is 0 Å². The standard InChI is InChI=1S/C14H19N5O/c1-3-11-8-10(9-13(15)17-11)14(20)16-6-4-12-5-7-19(2)18-12/h5,7-9H,3-4,6H2,1-2H3,(H2,15,17)(H,16,20). The summed E-state index contributed by atoms with van der Waals surface area (Å²) in [4.78, 5) is 16.2. The summed E-state index contributed by atoms with van der Waals surface area (Å²) in [5.41, 5.74) is 8.02. The number of carbonyl (C=O) groups excluding carboxylic acids is 1. The third kappa shape index (κ3) is 3.57. The Labute approximate surface area is 118 Å². The van der Waals surface area contributed by atoms with Gasteiger partial charge in [-0.05, 0) is 24.6 Å². The zero-order valence-corrected chi connectivity index (χ0v) is 11.8. The molecule has 0 unspecified atom stereocenters. The highest BCUT2D eigenvalue weighted by molar-refractivity contribution is 5.94. The van der Waals surface area contributed by atoms with Gasteiger partial charge in [0, 0.05) is 37.5 Å². The van der Waals surface area contributed by atoms with Gasteiger partial charge in [0.1, 0.15) is 5.82 Å². The van der Waals surface area contributed by atoms with E-state index in [2.05, 4.69) is 15.4 Å². The van der Waals surface area contributed by atoms with Crippen LogP contribution in [-0.4, -0.2) is 27.2 Å². The highest BCUT2D eigenvalue weighted by Gasteiger charge is 2.08. The summed E-state index contributed by atoms with van der Waals surface area (Å²) >= 11 is 0. The molecule has 1 amide bonds. The van der Waals surface area contributed by atoms with Gasteiger partial charge < -0.3 is 11.1 Å². The van der Waals surface area contributed by atoms with E-state index in [-0.39, 0.29) is 5.91 Å². The Hall–Kier alpha value is -2.37. The first-order chi connectivity index (χ1) is 9.58. The smallest absolute Gasteiger partial charge is 0.251 e. The van der Waals surface area contributed by atoms with Crippen LogP contribution in [-0.2, 0) is 19.9 Å². The molecule has 0 saturated heterocycles. The molecule has 6 heteroatoms. The lowest BCUT2D eigenvalue weighted by molar-refractivity contribution is 0.0954. The number of hydrogen-bond donors (Lipinski definition) is 2. The van der Waals surface area contributed by atoms with Gasteiger partial charge in [-0.25, -0.2) is 4.98 Å². The summed E-state index contributed by atoms with van der Waals surface area (Å²) in [5.74, 6) is 0.240. The molecule has 0 atom stereocenters. The monoisotopic (exact) mass is 273 g/mol. The van der Waals surface area contributed by atoms with Crippen molar-refractivity contribution in [3.63, 3.8) is 0 Å². The molecular weight excluding hydrogens is 254 g/mol. The van der Waals surface area contributed by atoms with Crippen LogP contribution in [0.25, 0.3) is 0 Å². The van der Waals surface area contributed by atoms with E-state index in [1.54, 1.807) is 16.8 Å². The van der Waals surface area contributed by atoms with E-state index in [0.717, 1.165) is 17.8 Å². The third-order valence-corrected chi connectivity index (χ3v) is 2.96. The molecule has 3 N–H and O–H groups in total. The normalized spacial score (nSPS) is 10.5. The first-order valence-corrected chi connectivity index (χ1v) is 6.61. The molecule has 0 spiro atoms. The SMILES string of the molecule is CCc1cc(C(=O)NCCc2ccn(C)n2)cc(N)n1. The fraction of sp³-hybridized carbons (Fsp3) is 0.357. The minimum atomic E-state index is -0.135. The van der Waals surface area contributed by atoms with Crippen molar-refractivity contribution in [2.75, 3.05) is 12.3 Å². The maximum Gasteiger partial charge on any atom is 0.251 e. The van der Waals surface area contributed by atoms with Gasteiger partial charge in [-0.1, -0.05) is 6.92 Å². The summed E-state index contributed by atoms with van der Waals surface area (Å²) in [6.45, 7) is 2.52. The van der Waals surface area contributed by atoms with Crippen molar-refractivity contribution >= 4 is 11.7 Å². The summed E-state index contributed by atoms with van der Waals surface area (Å²) in [5, 5.41) is 7.12. The van der Waals surface area contributed by atoms with Gasteiger partial charge in [-0.15, -0.1) is 0 Å². The second-order valence-electron chi connectivity index (χ2n) is 4.61. The molecule has 0 bridgehead atoms. The quantitative estimate of drug-likeness (QED) is 0.848. The van der Waals surface area contributed by atoms with Crippen molar-refractivity contribution in [2.45, 2.75) is 19.8 Å². The highest BCUT2D eigenvalue weighted by Crippen LogP contribution is 2.08. The molecule has 0 aliphatic heterocycles. The molecule has 0 fully saturated rings. The number of aryl methyl sites for hydroxylation is 2. The van der Waals surface area contributed by atoms with Crippen LogP contribution in [0, 0.1) is 0 Å². The Morgan fingerprint density at radius 2 is 2.20 bits per heavy atom. The number of carbonyl (C=O) groups is 1. The molecule has 0 aliphatic rings. The van der Waals surface area contributed by atoms with Crippen LogP contribution in [0.2, 0.25) is 0 Å². The molecular formula is C14H19N5O. The van der Waals surface area contributed by atoms with Crippen LogP contribution in [0.15, 0.2) is 24.4 Å².